The van der Waals surface area contributed by atoms with Crippen molar-refractivity contribution in [3.8, 4) is 11.1 Å². The quantitative estimate of drug-likeness (QED) is 0.232. The number of hydrogen-bond donors (Lipinski definition) is 0. The highest BCUT2D eigenvalue weighted by Gasteiger charge is 2.69. The predicted molar refractivity (Wildman–Crippen MR) is 194 cm³/mol. The SMILES string of the molecule is C.[C-]#[N+]C12CCC3(OCCO3)C3=COC(Cc4cc(-c5c(F)cc(F)cc5F)ccc41)C32.[C-]#[N+]C12CCC3(OCCO3)C3=COC(Cc4cc(C)ccc41)C32. The lowest BCUT2D eigenvalue weighted by Crippen LogP contribution is -2.53. The normalized spacial score (nSPS) is 31.7. The molecule has 8 nitrogen and oxygen atoms in total. The minimum absolute atomic E-state index is 0. The molecule has 0 N–H and O–H groups in total. The highest BCUT2D eigenvalue weighted by Crippen LogP contribution is 2.62. The van der Waals surface area contributed by atoms with Gasteiger partial charge in [-0.1, -0.05) is 49.4 Å². The first kappa shape index (κ1) is 36.0. The largest absolute Gasteiger partial charge is 0.497 e. The fourth-order valence-electron chi connectivity index (χ4n) is 10.9. The molecule has 0 aromatic heterocycles. The van der Waals surface area contributed by atoms with Gasteiger partial charge in [0, 0.05) is 72.9 Å². The second-order valence-corrected chi connectivity index (χ2v) is 15.6. The summed E-state index contributed by atoms with van der Waals surface area (Å²) < 4.78 is 78.0. The summed E-state index contributed by atoms with van der Waals surface area (Å²) in [6, 6.07) is 12.9. The first-order valence-electron chi connectivity index (χ1n) is 18.6. The third-order valence-corrected chi connectivity index (χ3v) is 13.1. The molecule has 4 heterocycles. The molecule has 0 amide bonds. The van der Waals surface area contributed by atoms with Crippen LogP contribution in [0.4, 0.5) is 13.2 Å². The first-order chi connectivity index (χ1) is 26.2. The molecule has 4 aliphatic heterocycles. The summed E-state index contributed by atoms with van der Waals surface area (Å²) in [5.41, 5.74) is 5.94. The molecule has 6 atom stereocenters. The number of hydrogen-bond acceptors (Lipinski definition) is 6. The molecule has 6 unspecified atom stereocenters. The van der Waals surface area contributed by atoms with E-state index in [1.165, 1.54) is 16.7 Å². The Balaban J connectivity index is 0.000000148. The minimum atomic E-state index is -0.961. The Labute approximate surface area is 318 Å². The second kappa shape index (κ2) is 12.7. The predicted octanol–water partition coefficient (Wildman–Crippen LogP) is 8.62. The van der Waals surface area contributed by atoms with Crippen LogP contribution in [-0.2, 0) is 52.3 Å². The summed E-state index contributed by atoms with van der Waals surface area (Å²) >= 11 is 0. The number of halogens is 3. The van der Waals surface area contributed by atoms with Crippen LogP contribution in [0.5, 0.6) is 0 Å². The molecule has 2 saturated carbocycles. The molecule has 0 radical (unpaired) electrons. The van der Waals surface area contributed by atoms with Crippen molar-refractivity contribution in [1.29, 1.82) is 0 Å². The fourth-order valence-corrected chi connectivity index (χ4v) is 10.9. The Kier molecular flexibility index (Phi) is 8.31. The lowest BCUT2D eigenvalue weighted by atomic mass is 9.59. The molecule has 2 spiro atoms. The average molecular weight is 751 g/mol. The van der Waals surface area contributed by atoms with Crippen LogP contribution in [0.15, 0.2) is 72.2 Å². The van der Waals surface area contributed by atoms with Crippen LogP contribution < -0.4 is 0 Å². The van der Waals surface area contributed by atoms with E-state index in [9.17, 15) is 13.2 Å². The van der Waals surface area contributed by atoms with Gasteiger partial charge in [-0.05, 0) is 23.6 Å². The van der Waals surface area contributed by atoms with Crippen molar-refractivity contribution < 1.29 is 41.6 Å². The molecule has 0 bridgehead atoms. The minimum Gasteiger partial charge on any atom is -0.497 e. The van der Waals surface area contributed by atoms with Crippen LogP contribution >= 0.6 is 0 Å². The number of ether oxygens (including phenoxy) is 6. The van der Waals surface area contributed by atoms with Gasteiger partial charge in [-0.2, -0.15) is 0 Å². The highest BCUT2D eigenvalue weighted by atomic mass is 19.1. The van der Waals surface area contributed by atoms with Crippen molar-refractivity contribution >= 4 is 0 Å². The molecule has 2 saturated heterocycles. The van der Waals surface area contributed by atoms with Crippen LogP contribution in [0.3, 0.4) is 0 Å². The lowest BCUT2D eigenvalue weighted by Gasteiger charge is -2.46. The van der Waals surface area contributed by atoms with Crippen LogP contribution in [-0.4, -0.2) is 50.2 Å². The van der Waals surface area contributed by atoms with Crippen LogP contribution in [0.25, 0.3) is 20.8 Å². The molecular formula is C44H41F3N2O6. The smallest absolute Gasteiger partial charge is 0.268 e. The van der Waals surface area contributed by atoms with Crippen LogP contribution in [0, 0.1) is 49.4 Å². The maximum atomic E-state index is 14.4. The van der Waals surface area contributed by atoms with E-state index in [4.69, 9.17) is 41.6 Å². The van der Waals surface area contributed by atoms with Gasteiger partial charge in [0.15, 0.2) is 11.6 Å². The van der Waals surface area contributed by atoms with Gasteiger partial charge in [-0.25, -0.2) is 26.3 Å². The summed E-state index contributed by atoms with van der Waals surface area (Å²) in [6.07, 6.45) is 7.17. The van der Waals surface area contributed by atoms with Gasteiger partial charge in [0.2, 0.25) is 0 Å². The molecule has 55 heavy (non-hydrogen) atoms. The Morgan fingerprint density at radius 2 is 1.11 bits per heavy atom. The molecule has 3 aromatic rings. The van der Waals surface area contributed by atoms with E-state index in [0.29, 0.717) is 63.4 Å². The Hall–Kier alpha value is -4.65. The first-order valence-corrected chi connectivity index (χ1v) is 18.6. The monoisotopic (exact) mass is 750 g/mol. The summed E-state index contributed by atoms with van der Waals surface area (Å²) in [5.74, 6) is -4.49. The summed E-state index contributed by atoms with van der Waals surface area (Å²) in [7, 11) is 0. The van der Waals surface area contributed by atoms with E-state index in [0.717, 1.165) is 41.5 Å². The molecular weight excluding hydrogens is 709 g/mol. The zero-order valence-corrected chi connectivity index (χ0v) is 29.6. The number of benzene rings is 3. The zero-order valence-electron chi connectivity index (χ0n) is 29.6. The maximum absolute atomic E-state index is 14.4. The van der Waals surface area contributed by atoms with Gasteiger partial charge in [0.1, 0.15) is 41.5 Å². The van der Waals surface area contributed by atoms with Crippen molar-refractivity contribution in [2.75, 3.05) is 26.4 Å². The summed E-state index contributed by atoms with van der Waals surface area (Å²) in [4.78, 5) is 8.29. The average Bonchev–Trinajstić information content (AvgIpc) is 3.99. The molecule has 11 rings (SSSR count). The summed E-state index contributed by atoms with van der Waals surface area (Å²) in [5, 5.41) is 0. The van der Waals surface area contributed by atoms with E-state index < -0.39 is 40.1 Å². The van der Waals surface area contributed by atoms with E-state index in [1.54, 1.807) is 24.5 Å². The van der Waals surface area contributed by atoms with Crippen molar-refractivity contribution in [1.82, 2.24) is 0 Å². The van der Waals surface area contributed by atoms with Crippen LogP contribution in [0.2, 0.25) is 0 Å². The molecule has 3 aromatic carbocycles. The third-order valence-electron chi connectivity index (χ3n) is 13.1. The number of aryl methyl sites for hydroxylation is 1. The molecule has 4 fully saturated rings. The highest BCUT2D eigenvalue weighted by molar-refractivity contribution is 5.68. The van der Waals surface area contributed by atoms with Crippen molar-refractivity contribution in [2.45, 2.75) is 87.7 Å². The van der Waals surface area contributed by atoms with Gasteiger partial charge in [0.05, 0.1) is 44.5 Å². The molecule has 4 aliphatic carbocycles. The molecule has 11 heteroatoms. The lowest BCUT2D eigenvalue weighted by molar-refractivity contribution is -0.155. The Bertz CT molecular complexity index is 2220. The Morgan fingerprint density at radius 3 is 1.60 bits per heavy atom. The van der Waals surface area contributed by atoms with Crippen molar-refractivity contribution in [3.05, 3.63) is 140 Å². The van der Waals surface area contributed by atoms with E-state index in [1.807, 2.05) is 6.26 Å². The fraction of sp³-hybridized carbons (Fsp3) is 0.455. The van der Waals surface area contributed by atoms with Gasteiger partial charge in [0.25, 0.3) is 11.1 Å². The Morgan fingerprint density at radius 1 is 0.636 bits per heavy atom. The zero-order chi connectivity index (χ0) is 37.0. The number of rotatable bonds is 1. The van der Waals surface area contributed by atoms with Gasteiger partial charge in [-0.3, -0.25) is 0 Å². The second-order valence-electron chi connectivity index (χ2n) is 15.6. The van der Waals surface area contributed by atoms with E-state index >= 15 is 0 Å². The topological polar surface area (TPSA) is 64.1 Å². The molecule has 8 aliphatic rings. The van der Waals surface area contributed by atoms with Gasteiger partial charge in [-0.15, -0.1) is 0 Å². The van der Waals surface area contributed by atoms with Gasteiger partial charge < -0.3 is 38.1 Å². The van der Waals surface area contributed by atoms with Crippen molar-refractivity contribution in [3.63, 3.8) is 0 Å². The summed E-state index contributed by atoms with van der Waals surface area (Å²) in [6.45, 7) is 20.5. The van der Waals surface area contributed by atoms with Crippen LogP contribution in [0.1, 0.15) is 60.9 Å². The van der Waals surface area contributed by atoms with E-state index in [2.05, 4.69) is 34.8 Å². The van der Waals surface area contributed by atoms with E-state index in [-0.39, 0.29) is 37.0 Å². The van der Waals surface area contributed by atoms with Crippen molar-refractivity contribution in [2.24, 2.45) is 11.8 Å². The number of fused-ring (bicyclic) bond motifs is 6. The standard InChI is InChI=1S/C24H18F3NO3.C19H19NO3.CH4/c1-28-23-4-5-24(30-6-7-31-24)17-12-29-20(22(17)23)9-14-8-13(2-3-16(14)23)21-18(26)10-15(25)11-19(21)27;1-12-3-4-14-13(9-12)10-16-17-15(11-21-16)19(22-7-8-23-19)6-5-18(14,17)20-2;/h2-3,8,10-12,20,22H,4-7,9H2;3-4,9,11,16-17H,5-8,10H2,1H3;1H4. The number of nitrogens with zero attached hydrogens (tertiary/aromatic N) is 2. The molecule has 284 valence electrons. The third kappa shape index (κ3) is 4.96. The van der Waals surface area contributed by atoms with Gasteiger partial charge >= 0.3 is 0 Å². The maximum Gasteiger partial charge on any atom is 0.268 e.